The summed E-state index contributed by atoms with van der Waals surface area (Å²) in [5.74, 6) is 1.64. The number of nitrogens with one attached hydrogen (secondary N) is 2. The molecule has 3 rings (SSSR count). The zero-order chi connectivity index (χ0) is 13.2. The first kappa shape index (κ1) is 12.5. The molecule has 19 heavy (non-hydrogen) atoms. The molecule has 1 aromatic rings. The molecule has 2 aliphatic carbocycles. The first-order valence-corrected chi connectivity index (χ1v) is 7.19. The number of H-pyrrole nitrogens is 1. The van der Waals surface area contributed by atoms with Crippen molar-refractivity contribution in [3.63, 3.8) is 0 Å². The summed E-state index contributed by atoms with van der Waals surface area (Å²) in [5.41, 5.74) is 2.38. The number of carbonyl (C=O) groups is 1. The van der Waals surface area contributed by atoms with Crippen LogP contribution in [0.4, 0.5) is 0 Å². The SMILES string of the molecule is Cc1[nH]ncc1CCCNC(=O)C1CC2C=CC1C2. The molecular weight excluding hydrogens is 238 g/mol. The average molecular weight is 259 g/mol. The summed E-state index contributed by atoms with van der Waals surface area (Å²) in [6.07, 6.45) is 10.6. The van der Waals surface area contributed by atoms with Crippen LogP contribution < -0.4 is 5.32 Å². The van der Waals surface area contributed by atoms with E-state index < -0.39 is 0 Å². The number of nitrogens with zero attached hydrogens (tertiary/aromatic N) is 1. The third kappa shape index (κ3) is 2.57. The van der Waals surface area contributed by atoms with Crippen LogP contribution in [-0.4, -0.2) is 22.6 Å². The van der Waals surface area contributed by atoms with Crippen molar-refractivity contribution in [2.24, 2.45) is 17.8 Å². The number of fused-ring (bicyclic) bond motifs is 2. The lowest BCUT2D eigenvalue weighted by Gasteiger charge is -2.17. The smallest absolute Gasteiger partial charge is 0.223 e. The van der Waals surface area contributed by atoms with E-state index in [2.05, 4.69) is 27.7 Å². The van der Waals surface area contributed by atoms with Crippen LogP contribution in [0, 0.1) is 24.7 Å². The fourth-order valence-electron chi connectivity index (χ4n) is 3.33. The number of aromatic nitrogens is 2. The van der Waals surface area contributed by atoms with Crippen LogP contribution in [0.2, 0.25) is 0 Å². The molecule has 3 unspecified atom stereocenters. The molecule has 1 amide bonds. The number of carbonyl (C=O) groups excluding carboxylic acids is 1. The Kier molecular flexibility index (Phi) is 3.40. The van der Waals surface area contributed by atoms with Crippen LogP contribution in [0.5, 0.6) is 0 Å². The molecule has 2 bridgehead atoms. The van der Waals surface area contributed by atoms with E-state index in [9.17, 15) is 4.79 Å². The molecular formula is C15H21N3O. The summed E-state index contributed by atoms with van der Waals surface area (Å²) in [6, 6.07) is 0. The number of rotatable bonds is 5. The number of allylic oxidation sites excluding steroid dienone is 2. The van der Waals surface area contributed by atoms with E-state index in [-0.39, 0.29) is 11.8 Å². The number of hydrogen-bond donors (Lipinski definition) is 2. The van der Waals surface area contributed by atoms with Crippen molar-refractivity contribution in [2.75, 3.05) is 6.54 Å². The highest BCUT2D eigenvalue weighted by Gasteiger charge is 2.39. The van der Waals surface area contributed by atoms with E-state index in [1.54, 1.807) is 0 Å². The molecule has 0 aliphatic heterocycles. The number of aromatic amines is 1. The van der Waals surface area contributed by atoms with E-state index in [0.29, 0.717) is 11.8 Å². The summed E-state index contributed by atoms with van der Waals surface area (Å²) in [4.78, 5) is 12.1. The van der Waals surface area contributed by atoms with Gasteiger partial charge < -0.3 is 5.32 Å². The van der Waals surface area contributed by atoms with E-state index in [4.69, 9.17) is 0 Å². The molecule has 2 aliphatic rings. The predicted molar refractivity (Wildman–Crippen MR) is 73.5 cm³/mol. The van der Waals surface area contributed by atoms with Crippen molar-refractivity contribution in [2.45, 2.75) is 32.6 Å². The minimum atomic E-state index is 0.227. The third-order valence-corrected chi connectivity index (χ3v) is 4.47. The van der Waals surface area contributed by atoms with Crippen LogP contribution in [-0.2, 0) is 11.2 Å². The normalized spacial score (nSPS) is 27.9. The fourth-order valence-corrected chi connectivity index (χ4v) is 3.33. The average Bonchev–Trinajstić information content (AvgIpc) is 3.11. The molecule has 0 aromatic carbocycles. The van der Waals surface area contributed by atoms with Gasteiger partial charge in [0.05, 0.1) is 6.20 Å². The Morgan fingerprint density at radius 3 is 3.00 bits per heavy atom. The van der Waals surface area contributed by atoms with Crippen LogP contribution in [0.15, 0.2) is 18.3 Å². The highest BCUT2D eigenvalue weighted by atomic mass is 16.1. The molecule has 0 spiro atoms. The van der Waals surface area contributed by atoms with Crippen LogP contribution in [0.1, 0.15) is 30.5 Å². The maximum atomic E-state index is 12.1. The van der Waals surface area contributed by atoms with Gasteiger partial charge in [-0.3, -0.25) is 9.89 Å². The maximum absolute atomic E-state index is 12.1. The van der Waals surface area contributed by atoms with E-state index in [0.717, 1.165) is 31.5 Å². The second-order valence-corrected chi connectivity index (χ2v) is 5.80. The second-order valence-electron chi connectivity index (χ2n) is 5.80. The number of amides is 1. The van der Waals surface area contributed by atoms with E-state index in [1.807, 2.05) is 13.1 Å². The lowest BCUT2D eigenvalue weighted by molar-refractivity contribution is -0.125. The molecule has 102 valence electrons. The van der Waals surface area contributed by atoms with Crippen molar-refractivity contribution in [3.8, 4) is 0 Å². The lowest BCUT2D eigenvalue weighted by Crippen LogP contribution is -2.33. The predicted octanol–water partition coefficient (Wildman–Crippen LogP) is 1.98. The molecule has 2 N–H and O–H groups in total. The Morgan fingerprint density at radius 1 is 1.47 bits per heavy atom. The molecule has 0 saturated heterocycles. The highest BCUT2D eigenvalue weighted by Crippen LogP contribution is 2.43. The molecule has 1 aromatic heterocycles. The van der Waals surface area contributed by atoms with Crippen LogP contribution >= 0.6 is 0 Å². The Labute approximate surface area is 113 Å². The van der Waals surface area contributed by atoms with Crippen molar-refractivity contribution in [1.29, 1.82) is 0 Å². The van der Waals surface area contributed by atoms with Gasteiger partial charge in [-0.25, -0.2) is 0 Å². The summed E-state index contributed by atoms with van der Waals surface area (Å²) < 4.78 is 0. The molecule has 0 radical (unpaired) electrons. The third-order valence-electron chi connectivity index (χ3n) is 4.47. The van der Waals surface area contributed by atoms with Gasteiger partial charge in [0.2, 0.25) is 5.91 Å². The molecule has 3 atom stereocenters. The van der Waals surface area contributed by atoms with Gasteiger partial charge in [-0.2, -0.15) is 5.10 Å². The Hall–Kier alpha value is -1.58. The zero-order valence-electron chi connectivity index (χ0n) is 11.4. The summed E-state index contributed by atoms with van der Waals surface area (Å²) >= 11 is 0. The van der Waals surface area contributed by atoms with E-state index >= 15 is 0 Å². The maximum Gasteiger partial charge on any atom is 0.223 e. The van der Waals surface area contributed by atoms with Gasteiger partial charge in [0.25, 0.3) is 0 Å². The van der Waals surface area contributed by atoms with Gasteiger partial charge in [-0.1, -0.05) is 12.2 Å². The van der Waals surface area contributed by atoms with Gasteiger partial charge in [0, 0.05) is 18.2 Å². The van der Waals surface area contributed by atoms with Gasteiger partial charge in [-0.15, -0.1) is 0 Å². The Morgan fingerprint density at radius 2 is 2.37 bits per heavy atom. The molecule has 1 heterocycles. The van der Waals surface area contributed by atoms with Crippen LogP contribution in [0.25, 0.3) is 0 Å². The Bertz CT molecular complexity index is 491. The van der Waals surface area contributed by atoms with Gasteiger partial charge in [-0.05, 0) is 50.0 Å². The lowest BCUT2D eigenvalue weighted by atomic mass is 9.93. The zero-order valence-corrected chi connectivity index (χ0v) is 11.4. The van der Waals surface area contributed by atoms with Gasteiger partial charge in [0.15, 0.2) is 0 Å². The first-order valence-electron chi connectivity index (χ1n) is 7.19. The minimum Gasteiger partial charge on any atom is -0.356 e. The van der Waals surface area contributed by atoms with Gasteiger partial charge in [0.1, 0.15) is 0 Å². The summed E-state index contributed by atoms with van der Waals surface area (Å²) in [7, 11) is 0. The highest BCUT2D eigenvalue weighted by molar-refractivity contribution is 5.79. The van der Waals surface area contributed by atoms with Crippen molar-refractivity contribution in [3.05, 3.63) is 29.6 Å². The van der Waals surface area contributed by atoms with Gasteiger partial charge >= 0.3 is 0 Å². The van der Waals surface area contributed by atoms with E-state index in [1.165, 1.54) is 12.0 Å². The Balaban J connectivity index is 1.40. The van der Waals surface area contributed by atoms with Crippen LogP contribution in [0.3, 0.4) is 0 Å². The monoisotopic (exact) mass is 259 g/mol. The fraction of sp³-hybridized carbons (Fsp3) is 0.600. The standard InChI is InChI=1S/C15H21N3O/c1-10-13(9-17-18-10)3-2-6-16-15(19)14-8-11-4-5-12(14)7-11/h4-5,9,11-12,14H,2-3,6-8H2,1H3,(H,16,19)(H,17,18). The molecule has 1 fully saturated rings. The van der Waals surface area contributed by atoms with Crippen molar-refractivity contribution < 1.29 is 4.79 Å². The largest absolute Gasteiger partial charge is 0.356 e. The van der Waals surface area contributed by atoms with Crippen molar-refractivity contribution >= 4 is 5.91 Å². The molecule has 4 nitrogen and oxygen atoms in total. The number of hydrogen-bond acceptors (Lipinski definition) is 2. The first-order chi connectivity index (χ1) is 9.24. The minimum absolute atomic E-state index is 0.227. The molecule has 1 saturated carbocycles. The quantitative estimate of drug-likeness (QED) is 0.627. The van der Waals surface area contributed by atoms with Crippen molar-refractivity contribution in [1.82, 2.24) is 15.5 Å². The summed E-state index contributed by atoms with van der Waals surface area (Å²) in [6.45, 7) is 2.80. The topological polar surface area (TPSA) is 57.8 Å². The summed E-state index contributed by atoms with van der Waals surface area (Å²) in [5, 5.41) is 10.0. The second kappa shape index (κ2) is 5.19. The number of aryl methyl sites for hydroxylation is 2. The molecule has 4 heteroatoms.